The van der Waals surface area contributed by atoms with Gasteiger partial charge in [-0.1, -0.05) is 24.3 Å². The van der Waals surface area contributed by atoms with Crippen molar-refractivity contribution in [1.29, 1.82) is 0 Å². The molecule has 1 aliphatic rings. The van der Waals surface area contributed by atoms with Crippen LogP contribution in [-0.2, 0) is 12.8 Å². The molecule has 0 aliphatic heterocycles. The largest absolute Gasteiger partial charge is 0.339 e. The van der Waals surface area contributed by atoms with Gasteiger partial charge in [-0.15, -0.1) is 11.3 Å². The molecule has 5 nitrogen and oxygen atoms in total. The summed E-state index contributed by atoms with van der Waals surface area (Å²) in [5.41, 5.74) is 3.74. The molecule has 2 N–H and O–H groups in total. The summed E-state index contributed by atoms with van der Waals surface area (Å²) < 4.78 is 0. The number of aromatic amines is 1. The lowest BCUT2D eigenvalue weighted by atomic mass is 9.89. The first-order chi connectivity index (χ1) is 12.7. The summed E-state index contributed by atoms with van der Waals surface area (Å²) in [6.45, 7) is 0. The molecule has 0 unspecified atom stereocenters. The Morgan fingerprint density at radius 3 is 2.69 bits per heavy atom. The van der Waals surface area contributed by atoms with Gasteiger partial charge in [-0.05, 0) is 59.9 Å². The fraction of sp³-hybridized carbons (Fsp3) is 0.250. The summed E-state index contributed by atoms with van der Waals surface area (Å²) >= 11 is 1.61. The Morgan fingerprint density at radius 1 is 1.12 bits per heavy atom. The van der Waals surface area contributed by atoms with Crippen molar-refractivity contribution in [2.24, 2.45) is 0 Å². The van der Waals surface area contributed by atoms with Crippen molar-refractivity contribution in [2.45, 2.75) is 31.7 Å². The Balaban J connectivity index is 1.66. The average Bonchev–Trinajstić information content (AvgIpc) is 3.20. The number of hydrogen-bond acceptors (Lipinski definition) is 4. The van der Waals surface area contributed by atoms with E-state index in [1.165, 1.54) is 36.1 Å². The Kier molecular flexibility index (Phi) is 4.67. The molecular formula is C20H19N3O2S. The van der Waals surface area contributed by atoms with Crippen LogP contribution >= 0.6 is 11.3 Å². The zero-order chi connectivity index (χ0) is 17.9. The van der Waals surface area contributed by atoms with Crippen LogP contribution in [0.1, 0.15) is 50.9 Å². The van der Waals surface area contributed by atoms with Gasteiger partial charge in [0.1, 0.15) is 5.69 Å². The number of amides is 1. The first kappa shape index (κ1) is 16.7. The maximum atomic E-state index is 12.6. The monoisotopic (exact) mass is 365 g/mol. The second-order valence-electron chi connectivity index (χ2n) is 6.46. The summed E-state index contributed by atoms with van der Waals surface area (Å²) in [6.07, 6.45) is 4.69. The van der Waals surface area contributed by atoms with Crippen molar-refractivity contribution in [3.8, 4) is 0 Å². The highest BCUT2D eigenvalue weighted by Gasteiger charge is 2.21. The molecular weight excluding hydrogens is 346 g/mol. The number of nitrogens with one attached hydrogen (secondary N) is 2. The Hall–Kier alpha value is -2.73. The second-order valence-corrected chi connectivity index (χ2v) is 7.44. The van der Waals surface area contributed by atoms with E-state index in [0.29, 0.717) is 0 Å². The van der Waals surface area contributed by atoms with Gasteiger partial charge in [-0.3, -0.25) is 9.59 Å². The molecule has 0 radical (unpaired) electrons. The van der Waals surface area contributed by atoms with Gasteiger partial charge in [0.15, 0.2) is 0 Å². The number of benzene rings is 1. The molecule has 1 aliphatic carbocycles. The molecule has 0 bridgehead atoms. The van der Waals surface area contributed by atoms with Gasteiger partial charge in [-0.2, -0.15) is 5.10 Å². The number of hydrogen-bond donors (Lipinski definition) is 2. The third kappa shape index (κ3) is 3.46. The lowest BCUT2D eigenvalue weighted by Crippen LogP contribution is -2.30. The van der Waals surface area contributed by atoms with Crippen molar-refractivity contribution in [1.82, 2.24) is 15.5 Å². The van der Waals surface area contributed by atoms with Crippen molar-refractivity contribution in [3.05, 3.63) is 85.5 Å². The fourth-order valence-corrected chi connectivity index (χ4v) is 4.19. The maximum Gasteiger partial charge on any atom is 0.272 e. The number of H-pyrrole nitrogens is 1. The molecule has 0 spiro atoms. The first-order valence-corrected chi connectivity index (χ1v) is 9.60. The number of carbonyl (C=O) groups excluding carboxylic acids is 1. The van der Waals surface area contributed by atoms with Crippen molar-refractivity contribution >= 4 is 17.2 Å². The van der Waals surface area contributed by atoms with Crippen LogP contribution in [0.2, 0.25) is 0 Å². The van der Waals surface area contributed by atoms with Gasteiger partial charge in [0.05, 0.1) is 6.04 Å². The van der Waals surface area contributed by atoms with Gasteiger partial charge in [0.2, 0.25) is 0 Å². The molecule has 1 amide bonds. The summed E-state index contributed by atoms with van der Waals surface area (Å²) in [5.74, 6) is -0.308. The van der Waals surface area contributed by atoms with Crippen LogP contribution in [-0.4, -0.2) is 16.1 Å². The van der Waals surface area contributed by atoms with E-state index >= 15 is 0 Å². The minimum atomic E-state index is -0.328. The predicted molar refractivity (Wildman–Crippen MR) is 102 cm³/mol. The third-order valence-corrected chi connectivity index (χ3v) is 5.66. The average molecular weight is 365 g/mol. The Bertz CT molecular complexity index is 958. The van der Waals surface area contributed by atoms with E-state index in [1.807, 2.05) is 17.5 Å². The summed E-state index contributed by atoms with van der Waals surface area (Å²) in [6, 6.07) is 13.0. The minimum Gasteiger partial charge on any atom is -0.339 e. The zero-order valence-corrected chi connectivity index (χ0v) is 15.0. The summed E-state index contributed by atoms with van der Waals surface area (Å²) in [7, 11) is 0. The normalized spacial score (nSPS) is 14.5. The third-order valence-electron chi connectivity index (χ3n) is 4.72. The highest BCUT2D eigenvalue weighted by atomic mass is 32.1. The SMILES string of the molecule is O=C(N[C@@H](c1ccc2c(c1)CCCC2)c1cccs1)c1ccc(=O)[nH]n1. The first-order valence-electron chi connectivity index (χ1n) is 8.72. The van der Waals surface area contributed by atoms with Crippen LogP contribution in [0.5, 0.6) is 0 Å². The Labute approximate surface area is 155 Å². The second kappa shape index (κ2) is 7.25. The minimum absolute atomic E-state index is 0.198. The quantitative estimate of drug-likeness (QED) is 0.745. The van der Waals surface area contributed by atoms with Crippen LogP contribution in [0, 0.1) is 0 Å². The van der Waals surface area contributed by atoms with E-state index in [4.69, 9.17) is 0 Å². The maximum absolute atomic E-state index is 12.6. The van der Waals surface area contributed by atoms with Crippen LogP contribution in [0.3, 0.4) is 0 Å². The molecule has 132 valence electrons. The highest BCUT2D eigenvalue weighted by molar-refractivity contribution is 7.10. The molecule has 1 atom stereocenters. The molecule has 4 rings (SSSR count). The van der Waals surface area contributed by atoms with Gasteiger partial charge >= 0.3 is 0 Å². The molecule has 3 aromatic rings. The van der Waals surface area contributed by atoms with Crippen molar-refractivity contribution in [3.63, 3.8) is 0 Å². The van der Waals surface area contributed by atoms with Gasteiger partial charge < -0.3 is 5.32 Å². The van der Waals surface area contributed by atoms with Gasteiger partial charge in [0, 0.05) is 10.9 Å². The van der Waals surface area contributed by atoms with Crippen LogP contribution in [0.15, 0.2) is 52.6 Å². The molecule has 1 aromatic carbocycles. The van der Waals surface area contributed by atoms with E-state index in [1.54, 1.807) is 11.3 Å². The molecule has 0 fully saturated rings. The lowest BCUT2D eigenvalue weighted by Gasteiger charge is -2.22. The summed E-state index contributed by atoms with van der Waals surface area (Å²) in [5, 5.41) is 11.2. The number of aromatic nitrogens is 2. The number of nitrogens with zero attached hydrogens (tertiary/aromatic N) is 1. The number of fused-ring (bicyclic) bond motifs is 1. The standard InChI is InChI=1S/C20H19N3O2S/c24-18-10-9-16(22-23-18)20(25)21-19(17-6-3-11-26-17)15-8-7-13-4-1-2-5-14(13)12-15/h3,6-12,19H,1-2,4-5H2,(H,21,25)(H,23,24)/t19-/m0/s1. The van der Waals surface area contributed by atoms with E-state index < -0.39 is 0 Å². The fourth-order valence-electron chi connectivity index (χ4n) is 3.38. The Morgan fingerprint density at radius 2 is 1.96 bits per heavy atom. The van der Waals surface area contributed by atoms with Crippen LogP contribution < -0.4 is 10.9 Å². The van der Waals surface area contributed by atoms with E-state index in [2.05, 4.69) is 33.7 Å². The number of aryl methyl sites for hydroxylation is 2. The van der Waals surface area contributed by atoms with Gasteiger partial charge in [-0.25, -0.2) is 5.10 Å². The van der Waals surface area contributed by atoms with Crippen LogP contribution in [0.4, 0.5) is 0 Å². The molecule has 6 heteroatoms. The number of rotatable bonds is 4. The van der Waals surface area contributed by atoms with Crippen LogP contribution in [0.25, 0.3) is 0 Å². The molecule has 2 aromatic heterocycles. The lowest BCUT2D eigenvalue weighted by molar-refractivity contribution is 0.0937. The van der Waals surface area contributed by atoms with E-state index in [-0.39, 0.29) is 23.2 Å². The van der Waals surface area contributed by atoms with E-state index in [0.717, 1.165) is 23.3 Å². The predicted octanol–water partition coefficient (Wildman–Crippen LogP) is 3.23. The van der Waals surface area contributed by atoms with Crippen molar-refractivity contribution < 1.29 is 4.79 Å². The summed E-state index contributed by atoms with van der Waals surface area (Å²) in [4.78, 5) is 24.9. The van der Waals surface area contributed by atoms with Crippen molar-refractivity contribution in [2.75, 3.05) is 0 Å². The molecule has 26 heavy (non-hydrogen) atoms. The topological polar surface area (TPSA) is 74.8 Å². The highest BCUT2D eigenvalue weighted by Crippen LogP contribution is 2.30. The zero-order valence-electron chi connectivity index (χ0n) is 14.2. The molecule has 2 heterocycles. The number of thiophene rings is 1. The molecule has 0 saturated heterocycles. The van der Waals surface area contributed by atoms with Gasteiger partial charge in [0.25, 0.3) is 11.5 Å². The van der Waals surface area contributed by atoms with E-state index in [9.17, 15) is 9.59 Å². The smallest absolute Gasteiger partial charge is 0.272 e. The number of carbonyl (C=O) groups is 1. The molecule has 0 saturated carbocycles.